The van der Waals surface area contributed by atoms with Gasteiger partial charge in [0.15, 0.2) is 0 Å². The zero-order chi connectivity index (χ0) is 19.9. The largest absolute Gasteiger partial charge is 0.400 e. The van der Waals surface area contributed by atoms with Gasteiger partial charge in [0.05, 0.1) is 10.7 Å². The Morgan fingerprint density at radius 3 is 2.19 bits per heavy atom. The summed E-state index contributed by atoms with van der Waals surface area (Å²) >= 11 is 0. The van der Waals surface area contributed by atoms with Crippen molar-refractivity contribution in [2.75, 3.05) is 12.4 Å². The monoisotopic (exact) mass is 358 g/mol. The second-order valence-electron chi connectivity index (χ2n) is 4.33. The first-order chi connectivity index (χ1) is 12.7. The van der Waals surface area contributed by atoms with Crippen LogP contribution in [0.15, 0.2) is 49.6 Å². The van der Waals surface area contributed by atoms with Crippen molar-refractivity contribution >= 4 is 29.7 Å². The first kappa shape index (κ1) is 22.8. The molecule has 0 aliphatic heterocycles. The average molecular weight is 358 g/mol. The number of rotatable bonds is 5. The van der Waals surface area contributed by atoms with Crippen LogP contribution < -0.4 is 21.5 Å². The zero-order valence-electron chi connectivity index (χ0n) is 15.3. The molecular weight excluding hydrogens is 332 g/mol. The fourth-order valence-electron chi connectivity index (χ4n) is 1.85. The number of allylic oxidation sites excluding steroid dienone is 2. The number of aromatic amines is 1. The van der Waals surface area contributed by atoms with Gasteiger partial charge >= 0.3 is 0 Å². The summed E-state index contributed by atoms with van der Waals surface area (Å²) in [6.45, 7) is 11.3. The predicted molar refractivity (Wildman–Crippen MR) is 106 cm³/mol. The molecular formula is C19H26N4O3. The second kappa shape index (κ2) is 13.2. The van der Waals surface area contributed by atoms with Crippen LogP contribution in [0, 0.1) is 0 Å². The number of amides is 1. The van der Waals surface area contributed by atoms with Crippen molar-refractivity contribution in [2.45, 2.75) is 13.8 Å². The van der Waals surface area contributed by atoms with Crippen LogP contribution in [0.1, 0.15) is 24.2 Å². The Morgan fingerprint density at radius 1 is 1.12 bits per heavy atom. The Bertz CT molecular complexity index is 771. The maximum absolute atomic E-state index is 11.2. The molecule has 0 bridgehead atoms. The van der Waals surface area contributed by atoms with Crippen molar-refractivity contribution < 1.29 is 15.1 Å². The molecule has 0 spiro atoms. The van der Waals surface area contributed by atoms with Gasteiger partial charge in [-0.2, -0.15) is 0 Å². The zero-order valence-corrected chi connectivity index (χ0v) is 15.3. The van der Waals surface area contributed by atoms with E-state index in [1.54, 1.807) is 48.0 Å². The second-order valence-corrected chi connectivity index (χ2v) is 4.33. The van der Waals surface area contributed by atoms with Crippen LogP contribution in [-0.2, 0) is 0 Å². The Morgan fingerprint density at radius 2 is 1.69 bits per heavy atom. The smallest absolute Gasteiger partial charge is 0.274 e. The summed E-state index contributed by atoms with van der Waals surface area (Å²) in [5.74, 6) is -0.00385. The molecule has 0 saturated heterocycles. The number of carbonyl (C=O) groups excluding carboxylic acids is 1. The van der Waals surface area contributed by atoms with Crippen molar-refractivity contribution in [3.8, 4) is 0 Å². The first-order valence-electron chi connectivity index (χ1n) is 7.95. The number of aliphatic hydroxyl groups is 1. The van der Waals surface area contributed by atoms with E-state index in [4.69, 9.17) is 10.3 Å². The number of nitrogens with one attached hydrogen (secondary N) is 3. The molecule has 140 valence electrons. The standard InChI is InChI=1S/C16H16N4O2.C2H6.CH4O/c1-3-5-13-14(6-4-2)19-16(18-13)17-12-9-7-11(8-10-12)15(21)20-22;2*1-2/h3-10,22H,1-2H2,(H,20,21)(H2,17,18,19);1-2H3;2H,1H3/b13-5+,14-6+;;. The fourth-order valence-corrected chi connectivity index (χ4v) is 1.85. The lowest BCUT2D eigenvalue weighted by Crippen LogP contribution is -2.23. The minimum atomic E-state index is -0.560. The minimum absolute atomic E-state index is 0.355. The van der Waals surface area contributed by atoms with E-state index in [0.717, 1.165) is 23.5 Å². The first-order valence-corrected chi connectivity index (χ1v) is 7.95. The number of nitrogens with zero attached hydrogens (tertiary/aromatic N) is 1. The average Bonchev–Trinajstić information content (AvgIpc) is 3.06. The number of imidazole rings is 1. The van der Waals surface area contributed by atoms with Gasteiger partial charge in [0.25, 0.3) is 5.91 Å². The molecule has 1 heterocycles. The summed E-state index contributed by atoms with van der Waals surface area (Å²) in [5, 5.41) is 20.2. The Hall–Kier alpha value is -3.16. The van der Waals surface area contributed by atoms with E-state index >= 15 is 0 Å². The molecule has 0 fully saturated rings. The van der Waals surface area contributed by atoms with Gasteiger partial charge in [0, 0.05) is 18.4 Å². The normalized spacial score (nSPS) is 10.7. The lowest BCUT2D eigenvalue weighted by molar-refractivity contribution is 0.0706. The number of hydrogen-bond donors (Lipinski definition) is 5. The van der Waals surface area contributed by atoms with E-state index in [1.807, 2.05) is 19.9 Å². The van der Waals surface area contributed by atoms with Gasteiger partial charge in [-0.3, -0.25) is 10.0 Å². The molecule has 1 aromatic heterocycles. The van der Waals surface area contributed by atoms with Crippen molar-refractivity contribution in [1.29, 1.82) is 0 Å². The van der Waals surface area contributed by atoms with Crippen LogP contribution in [0.3, 0.4) is 0 Å². The molecule has 2 aromatic rings. The van der Waals surface area contributed by atoms with Gasteiger partial charge in [-0.25, -0.2) is 10.5 Å². The number of H-pyrrole nitrogens is 1. The summed E-state index contributed by atoms with van der Waals surface area (Å²) in [7, 11) is 1.00. The molecule has 2 rings (SSSR count). The number of hydroxylamine groups is 1. The molecule has 0 radical (unpaired) electrons. The van der Waals surface area contributed by atoms with Crippen molar-refractivity contribution in [2.24, 2.45) is 0 Å². The molecule has 5 N–H and O–H groups in total. The molecule has 26 heavy (non-hydrogen) atoms. The van der Waals surface area contributed by atoms with Crippen LogP contribution >= 0.6 is 0 Å². The van der Waals surface area contributed by atoms with Crippen molar-refractivity contribution in [3.63, 3.8) is 0 Å². The molecule has 1 amide bonds. The van der Waals surface area contributed by atoms with E-state index in [-0.39, 0.29) is 0 Å². The van der Waals surface area contributed by atoms with Crippen LogP contribution in [-0.4, -0.2) is 33.3 Å². The molecule has 0 saturated carbocycles. The summed E-state index contributed by atoms with van der Waals surface area (Å²) < 4.78 is 0. The summed E-state index contributed by atoms with van der Waals surface area (Å²) in [6.07, 6.45) is 6.91. The topological polar surface area (TPSA) is 110 Å². The lowest BCUT2D eigenvalue weighted by atomic mass is 10.2. The number of carbonyl (C=O) groups is 1. The third kappa shape index (κ3) is 6.76. The van der Waals surface area contributed by atoms with Crippen LogP contribution in [0.5, 0.6) is 0 Å². The number of aliphatic hydroxyl groups excluding tert-OH is 1. The minimum Gasteiger partial charge on any atom is -0.400 e. The Labute approximate surface area is 153 Å². The maximum atomic E-state index is 11.2. The van der Waals surface area contributed by atoms with Gasteiger partial charge in [-0.15, -0.1) is 0 Å². The van der Waals surface area contributed by atoms with Crippen molar-refractivity contribution in [3.05, 3.63) is 65.8 Å². The quantitative estimate of drug-likeness (QED) is 0.414. The van der Waals surface area contributed by atoms with Gasteiger partial charge in [0.1, 0.15) is 0 Å². The van der Waals surface area contributed by atoms with Gasteiger partial charge in [-0.1, -0.05) is 39.2 Å². The summed E-state index contributed by atoms with van der Waals surface area (Å²) in [6, 6.07) is 6.59. The molecule has 7 heteroatoms. The van der Waals surface area contributed by atoms with Crippen LogP contribution in [0.25, 0.3) is 12.2 Å². The predicted octanol–water partition coefficient (Wildman–Crippen LogP) is 1.84. The lowest BCUT2D eigenvalue weighted by Gasteiger charge is -2.03. The van der Waals surface area contributed by atoms with E-state index in [1.165, 1.54) is 0 Å². The van der Waals surface area contributed by atoms with Crippen LogP contribution in [0.2, 0.25) is 0 Å². The molecule has 1 aromatic carbocycles. The van der Waals surface area contributed by atoms with Gasteiger partial charge in [0.2, 0.25) is 5.95 Å². The highest BCUT2D eigenvalue weighted by atomic mass is 16.5. The molecule has 0 aliphatic carbocycles. The van der Waals surface area contributed by atoms with E-state index in [2.05, 4.69) is 28.4 Å². The molecule has 0 aliphatic rings. The number of aromatic nitrogens is 2. The van der Waals surface area contributed by atoms with E-state index < -0.39 is 5.91 Å². The number of hydrogen-bond acceptors (Lipinski definition) is 5. The highest BCUT2D eigenvalue weighted by Gasteiger charge is 2.04. The highest BCUT2D eigenvalue weighted by molar-refractivity contribution is 5.93. The van der Waals surface area contributed by atoms with Gasteiger partial charge in [-0.05, 0) is 36.4 Å². The number of benzene rings is 1. The highest BCUT2D eigenvalue weighted by Crippen LogP contribution is 2.12. The summed E-state index contributed by atoms with van der Waals surface area (Å²) in [4.78, 5) is 18.8. The third-order valence-corrected chi connectivity index (χ3v) is 2.83. The summed E-state index contributed by atoms with van der Waals surface area (Å²) in [5.41, 5.74) is 2.69. The maximum Gasteiger partial charge on any atom is 0.274 e. The van der Waals surface area contributed by atoms with E-state index in [9.17, 15) is 4.79 Å². The molecule has 7 nitrogen and oxygen atoms in total. The SMILES string of the molecule is C=C/C=c1/nc(Nc2ccc(C(=O)NO)cc2)[nH]/c1=C/C=C.CC.CO. The Balaban J connectivity index is 0.00000146. The fraction of sp³-hybridized carbons (Fsp3) is 0.158. The van der Waals surface area contributed by atoms with Gasteiger partial charge < -0.3 is 15.4 Å². The number of anilines is 2. The Kier molecular flexibility index (Phi) is 11.6. The molecule has 0 unspecified atom stereocenters. The third-order valence-electron chi connectivity index (χ3n) is 2.83. The van der Waals surface area contributed by atoms with E-state index in [0.29, 0.717) is 11.5 Å². The molecule has 0 atom stereocenters. The van der Waals surface area contributed by atoms with Crippen LogP contribution in [0.4, 0.5) is 11.6 Å². The van der Waals surface area contributed by atoms with Crippen molar-refractivity contribution in [1.82, 2.24) is 15.4 Å².